The first-order valence-electron chi connectivity index (χ1n) is 11.2. The Labute approximate surface area is 175 Å². The van der Waals surface area contributed by atoms with Crippen molar-refractivity contribution in [3.8, 4) is 6.07 Å². The molecule has 1 aromatic rings. The van der Waals surface area contributed by atoms with Gasteiger partial charge in [0.2, 0.25) is 0 Å². The van der Waals surface area contributed by atoms with Crippen molar-refractivity contribution in [3.63, 3.8) is 0 Å². The van der Waals surface area contributed by atoms with Crippen LogP contribution >= 0.6 is 0 Å². The topological polar surface area (TPSA) is 56.6 Å². The normalized spacial score (nSPS) is 23.0. The molecule has 0 amide bonds. The molecule has 29 heavy (non-hydrogen) atoms. The van der Waals surface area contributed by atoms with Crippen LogP contribution in [0, 0.1) is 23.2 Å². The lowest BCUT2D eigenvalue weighted by molar-refractivity contribution is -0.121. The van der Waals surface area contributed by atoms with Crippen LogP contribution in [0.3, 0.4) is 0 Å². The number of ketones is 1. The number of ether oxygens (including phenoxy) is 1. The molecule has 1 saturated carbocycles. The summed E-state index contributed by atoms with van der Waals surface area (Å²) in [4.78, 5) is 16.9. The zero-order chi connectivity index (χ0) is 20.5. The minimum Gasteiger partial charge on any atom is -0.384 e. The lowest BCUT2D eigenvalue weighted by atomic mass is 9.78. The van der Waals surface area contributed by atoms with Crippen LogP contribution < -0.4 is 4.90 Å². The predicted molar refractivity (Wildman–Crippen MR) is 116 cm³/mol. The van der Waals surface area contributed by atoms with Crippen LogP contribution in [-0.2, 0) is 9.53 Å². The van der Waals surface area contributed by atoms with Crippen LogP contribution in [0.25, 0.3) is 0 Å². The number of hydrogen-bond donors (Lipinski definition) is 0. The quantitative estimate of drug-likeness (QED) is 0.633. The van der Waals surface area contributed by atoms with Gasteiger partial charge in [-0.25, -0.2) is 0 Å². The lowest BCUT2D eigenvalue weighted by Gasteiger charge is -2.37. The molecule has 3 rings (SSSR count). The average molecular weight is 398 g/mol. The number of nitrogens with zero attached hydrogens (tertiary/aromatic N) is 3. The van der Waals surface area contributed by atoms with Crippen molar-refractivity contribution in [1.29, 1.82) is 5.26 Å². The molecule has 1 aromatic carbocycles. The van der Waals surface area contributed by atoms with Gasteiger partial charge in [-0.05, 0) is 55.8 Å². The van der Waals surface area contributed by atoms with E-state index < -0.39 is 0 Å². The third-order valence-electron chi connectivity index (χ3n) is 6.63. The molecule has 0 atom stereocenters. The second-order valence-corrected chi connectivity index (χ2v) is 8.65. The molecule has 2 aliphatic rings. The summed E-state index contributed by atoms with van der Waals surface area (Å²) in [6, 6.07) is 10.2. The van der Waals surface area contributed by atoms with Crippen LogP contribution in [0.5, 0.6) is 0 Å². The van der Waals surface area contributed by atoms with Crippen LogP contribution in [0.4, 0.5) is 5.69 Å². The highest BCUT2D eigenvalue weighted by Crippen LogP contribution is 2.33. The molecule has 5 nitrogen and oxygen atoms in total. The molecule has 5 heteroatoms. The summed E-state index contributed by atoms with van der Waals surface area (Å²) >= 11 is 0. The second-order valence-electron chi connectivity index (χ2n) is 8.65. The molecule has 0 unspecified atom stereocenters. The van der Waals surface area contributed by atoms with Crippen LogP contribution in [0.1, 0.15) is 50.5 Å². The van der Waals surface area contributed by atoms with Gasteiger partial charge >= 0.3 is 0 Å². The number of Topliss-reactive ketones (excluding diaryl/α,β-unsaturated/α-hetero) is 1. The number of hydrogen-bond acceptors (Lipinski definition) is 5. The fourth-order valence-corrected chi connectivity index (χ4v) is 4.73. The van der Waals surface area contributed by atoms with E-state index in [0.29, 0.717) is 24.7 Å². The minimum atomic E-state index is 0.369. The Hall–Kier alpha value is -1.90. The number of nitriles is 1. The van der Waals surface area contributed by atoms with Gasteiger partial charge in [-0.3, -0.25) is 9.69 Å². The number of anilines is 1. The Balaban J connectivity index is 1.32. The molecule has 1 aliphatic heterocycles. The summed E-state index contributed by atoms with van der Waals surface area (Å²) in [5.41, 5.74) is 1.91. The molecule has 1 heterocycles. The van der Waals surface area contributed by atoms with Gasteiger partial charge in [0.15, 0.2) is 0 Å². The molecular formula is C24H35N3O2. The van der Waals surface area contributed by atoms with E-state index in [0.717, 1.165) is 44.1 Å². The summed E-state index contributed by atoms with van der Waals surface area (Å²) in [5, 5.41) is 9.09. The van der Waals surface area contributed by atoms with Gasteiger partial charge in [0.05, 0.1) is 18.2 Å². The highest BCUT2D eigenvalue weighted by Gasteiger charge is 2.24. The van der Waals surface area contributed by atoms with Crippen molar-refractivity contribution in [1.82, 2.24) is 4.90 Å². The maximum atomic E-state index is 11.9. The van der Waals surface area contributed by atoms with Gasteiger partial charge in [-0.15, -0.1) is 0 Å². The maximum absolute atomic E-state index is 11.9. The molecule has 0 radical (unpaired) electrons. The fraction of sp³-hybridized carbons (Fsp3) is 0.667. The first-order valence-corrected chi connectivity index (χ1v) is 11.2. The van der Waals surface area contributed by atoms with E-state index in [-0.39, 0.29) is 0 Å². The molecule has 0 bridgehead atoms. The fourth-order valence-electron chi connectivity index (χ4n) is 4.73. The van der Waals surface area contributed by atoms with E-state index in [1.165, 1.54) is 44.3 Å². The summed E-state index contributed by atoms with van der Waals surface area (Å²) in [7, 11) is 1.66. The zero-order valence-corrected chi connectivity index (χ0v) is 17.8. The van der Waals surface area contributed by atoms with Crippen molar-refractivity contribution in [2.24, 2.45) is 11.8 Å². The number of rotatable bonds is 9. The lowest BCUT2D eigenvalue weighted by Crippen LogP contribution is -2.47. The zero-order valence-electron chi connectivity index (χ0n) is 17.8. The van der Waals surface area contributed by atoms with E-state index in [9.17, 15) is 4.79 Å². The van der Waals surface area contributed by atoms with Gasteiger partial charge < -0.3 is 9.64 Å². The monoisotopic (exact) mass is 397 g/mol. The SMILES string of the molecule is COCCC(=O)CC1CCC(CCN2CCN(c3cccc(C#N)c3)CC2)CC1. The van der Waals surface area contributed by atoms with Crippen LogP contribution in [0.15, 0.2) is 24.3 Å². The molecular weight excluding hydrogens is 362 g/mol. The Morgan fingerprint density at radius 2 is 1.86 bits per heavy atom. The Morgan fingerprint density at radius 1 is 1.14 bits per heavy atom. The number of carbonyl (C=O) groups is 1. The highest BCUT2D eigenvalue weighted by molar-refractivity contribution is 5.78. The van der Waals surface area contributed by atoms with Crippen LogP contribution in [0.2, 0.25) is 0 Å². The van der Waals surface area contributed by atoms with Gasteiger partial charge in [-0.1, -0.05) is 18.9 Å². The van der Waals surface area contributed by atoms with E-state index in [4.69, 9.17) is 10.00 Å². The smallest absolute Gasteiger partial charge is 0.135 e. The Morgan fingerprint density at radius 3 is 2.55 bits per heavy atom. The number of methoxy groups -OCH3 is 1. The van der Waals surface area contributed by atoms with Crippen molar-refractivity contribution in [3.05, 3.63) is 29.8 Å². The minimum absolute atomic E-state index is 0.369. The first-order chi connectivity index (χ1) is 14.2. The van der Waals surface area contributed by atoms with Crippen molar-refractivity contribution < 1.29 is 9.53 Å². The standard InChI is InChI=1S/C24H35N3O2/c1-29-16-10-24(28)18-21-7-5-20(6-8-21)9-11-26-12-14-27(15-13-26)23-4-2-3-22(17-23)19-25/h2-4,17,20-21H,5-16,18H2,1H3. The molecule has 1 saturated heterocycles. The first kappa shape index (κ1) is 21.8. The van der Waals surface area contributed by atoms with E-state index in [1.54, 1.807) is 7.11 Å². The van der Waals surface area contributed by atoms with Crippen molar-refractivity contribution in [2.75, 3.05) is 51.3 Å². The Kier molecular flexibility index (Phi) is 8.52. The molecule has 1 aliphatic carbocycles. The summed E-state index contributed by atoms with van der Waals surface area (Å²) < 4.78 is 5.01. The van der Waals surface area contributed by atoms with Gasteiger partial charge in [0, 0.05) is 51.8 Å². The molecule has 0 aromatic heterocycles. The van der Waals surface area contributed by atoms with Crippen LogP contribution in [-0.4, -0.2) is 57.1 Å². The number of piperazine rings is 1. The number of carbonyl (C=O) groups excluding carboxylic acids is 1. The van der Waals surface area contributed by atoms with E-state index in [2.05, 4.69) is 21.9 Å². The molecule has 158 valence electrons. The third kappa shape index (κ3) is 6.83. The van der Waals surface area contributed by atoms with Gasteiger partial charge in [0.1, 0.15) is 5.78 Å². The summed E-state index contributed by atoms with van der Waals surface area (Å²) in [6.45, 7) is 6.01. The number of benzene rings is 1. The largest absolute Gasteiger partial charge is 0.384 e. The molecule has 0 N–H and O–H groups in total. The molecule has 2 fully saturated rings. The third-order valence-corrected chi connectivity index (χ3v) is 6.63. The van der Waals surface area contributed by atoms with Crippen molar-refractivity contribution in [2.45, 2.75) is 44.9 Å². The highest BCUT2D eigenvalue weighted by atomic mass is 16.5. The van der Waals surface area contributed by atoms with Gasteiger partial charge in [-0.2, -0.15) is 5.26 Å². The van der Waals surface area contributed by atoms with Gasteiger partial charge in [0.25, 0.3) is 0 Å². The second kappa shape index (κ2) is 11.3. The maximum Gasteiger partial charge on any atom is 0.135 e. The Bertz CT molecular complexity index is 684. The van der Waals surface area contributed by atoms with Crippen molar-refractivity contribution >= 4 is 11.5 Å². The average Bonchev–Trinajstić information content (AvgIpc) is 2.77. The van der Waals surface area contributed by atoms with E-state index in [1.807, 2.05) is 18.2 Å². The molecule has 0 spiro atoms. The predicted octanol–water partition coefficient (Wildman–Crippen LogP) is 3.87. The van der Waals surface area contributed by atoms with E-state index >= 15 is 0 Å². The summed E-state index contributed by atoms with van der Waals surface area (Å²) in [6.07, 6.45) is 7.60. The summed E-state index contributed by atoms with van der Waals surface area (Å²) in [5.74, 6) is 1.79.